The third-order valence-electron chi connectivity index (χ3n) is 3.96. The molecule has 126 valence electrons. The maximum absolute atomic E-state index is 10.9. The Morgan fingerprint density at radius 2 is 1.72 bits per heavy atom. The van der Waals surface area contributed by atoms with Crippen molar-refractivity contribution in [3.63, 3.8) is 0 Å². The predicted octanol–water partition coefficient (Wildman–Crippen LogP) is 5.41. The van der Waals surface area contributed by atoms with E-state index in [1.807, 2.05) is 48.5 Å². The van der Waals surface area contributed by atoms with Crippen LogP contribution in [0.4, 0.5) is 5.69 Å². The zero-order valence-electron chi connectivity index (χ0n) is 13.6. The molecule has 0 spiro atoms. The first-order valence-electron chi connectivity index (χ1n) is 7.75. The lowest BCUT2D eigenvalue weighted by molar-refractivity contribution is -0.729. The summed E-state index contributed by atoms with van der Waals surface area (Å²) in [5.74, 6) is 0.781. The van der Waals surface area contributed by atoms with E-state index in [9.17, 15) is 4.91 Å². The number of rotatable bonds is 5. The van der Waals surface area contributed by atoms with E-state index in [2.05, 4.69) is 6.07 Å². The summed E-state index contributed by atoms with van der Waals surface area (Å²) in [4.78, 5) is 10.7. The van der Waals surface area contributed by atoms with Crippen LogP contribution in [0.15, 0.2) is 66.7 Å². The number of hydrogen-bond acceptors (Lipinski definition) is 2. The highest BCUT2D eigenvalue weighted by molar-refractivity contribution is 6.30. The highest BCUT2D eigenvalue weighted by Gasteiger charge is 2.11. The lowest BCUT2D eigenvalue weighted by Crippen LogP contribution is -1.94. The SMILES string of the molecule is COc1ccc(Cc2ccc([N+](=O)O)cc2)cc1-c1cccc(Cl)c1. The molecule has 0 atom stereocenters. The monoisotopic (exact) mass is 354 g/mol. The topological polar surface area (TPSA) is 49.5 Å². The van der Waals surface area contributed by atoms with Gasteiger partial charge in [0.05, 0.1) is 12.0 Å². The molecule has 1 N–H and O–H groups in total. The number of ether oxygens (including phenoxy) is 1. The first-order chi connectivity index (χ1) is 12.1. The molecule has 5 heteroatoms. The van der Waals surface area contributed by atoms with Gasteiger partial charge < -0.3 is 4.74 Å². The van der Waals surface area contributed by atoms with Gasteiger partial charge in [0.1, 0.15) is 5.75 Å². The lowest BCUT2D eigenvalue weighted by atomic mass is 9.98. The van der Waals surface area contributed by atoms with Gasteiger partial charge in [-0.3, -0.25) is 0 Å². The normalized spacial score (nSPS) is 10.5. The van der Waals surface area contributed by atoms with Crippen LogP contribution in [0.2, 0.25) is 5.02 Å². The van der Waals surface area contributed by atoms with E-state index in [1.165, 1.54) is 0 Å². The Bertz CT molecular complexity index is 907. The van der Waals surface area contributed by atoms with E-state index in [0.29, 0.717) is 11.4 Å². The van der Waals surface area contributed by atoms with Crippen molar-refractivity contribution in [2.24, 2.45) is 0 Å². The molecule has 0 heterocycles. The fourth-order valence-corrected chi connectivity index (χ4v) is 2.91. The summed E-state index contributed by atoms with van der Waals surface area (Å²) in [6.07, 6.45) is 0.697. The van der Waals surface area contributed by atoms with Crippen LogP contribution in [0.3, 0.4) is 0 Å². The molecule has 3 aromatic rings. The first kappa shape index (κ1) is 17.0. The maximum atomic E-state index is 10.9. The molecule has 0 saturated heterocycles. The summed E-state index contributed by atoms with van der Waals surface area (Å²) in [5.41, 5.74) is 4.31. The van der Waals surface area contributed by atoms with E-state index < -0.39 is 0 Å². The Kier molecular flexibility index (Phi) is 5.00. The van der Waals surface area contributed by atoms with Crippen LogP contribution in [0.25, 0.3) is 11.1 Å². The molecular formula is C20H17ClNO3+. The van der Waals surface area contributed by atoms with Crippen LogP contribution in [0.1, 0.15) is 11.1 Å². The van der Waals surface area contributed by atoms with E-state index in [1.54, 1.807) is 19.2 Å². The highest BCUT2D eigenvalue weighted by Crippen LogP contribution is 2.33. The van der Waals surface area contributed by atoms with E-state index >= 15 is 0 Å². The number of hydrogen-bond donors (Lipinski definition) is 1. The third kappa shape index (κ3) is 3.98. The summed E-state index contributed by atoms with van der Waals surface area (Å²) in [5, 5.41) is 9.57. The highest BCUT2D eigenvalue weighted by atomic mass is 35.5. The number of nitrogens with zero attached hydrogens (tertiary/aromatic N) is 1. The molecule has 3 aromatic carbocycles. The number of benzene rings is 3. The minimum atomic E-state index is -0.144. The molecule has 0 bridgehead atoms. The Morgan fingerprint density at radius 3 is 2.36 bits per heavy atom. The molecule has 0 unspecified atom stereocenters. The zero-order valence-corrected chi connectivity index (χ0v) is 14.4. The van der Waals surface area contributed by atoms with Gasteiger partial charge in [0.2, 0.25) is 0 Å². The molecule has 0 aliphatic heterocycles. The smallest absolute Gasteiger partial charge is 0.316 e. The van der Waals surface area contributed by atoms with Crippen molar-refractivity contribution in [1.29, 1.82) is 0 Å². The molecule has 0 fully saturated rings. The summed E-state index contributed by atoms with van der Waals surface area (Å²) in [6, 6.07) is 20.5. The third-order valence-corrected chi connectivity index (χ3v) is 4.20. The number of methoxy groups -OCH3 is 1. The Hall–Kier alpha value is -2.85. The molecule has 0 amide bonds. The van der Waals surface area contributed by atoms with Crippen molar-refractivity contribution >= 4 is 17.3 Å². The van der Waals surface area contributed by atoms with Gasteiger partial charge >= 0.3 is 5.69 Å². The van der Waals surface area contributed by atoms with Crippen LogP contribution in [0, 0.1) is 4.91 Å². The summed E-state index contributed by atoms with van der Waals surface area (Å²) < 4.78 is 5.48. The van der Waals surface area contributed by atoms with Crippen molar-refractivity contribution in [2.75, 3.05) is 7.11 Å². The van der Waals surface area contributed by atoms with Crippen molar-refractivity contribution < 1.29 is 14.9 Å². The van der Waals surface area contributed by atoms with Crippen LogP contribution in [0.5, 0.6) is 5.75 Å². The van der Waals surface area contributed by atoms with Crippen LogP contribution < -0.4 is 4.74 Å². The molecular weight excluding hydrogens is 338 g/mol. The second-order valence-electron chi connectivity index (χ2n) is 5.66. The first-order valence-corrected chi connectivity index (χ1v) is 8.12. The second kappa shape index (κ2) is 7.36. The van der Waals surface area contributed by atoms with Gasteiger partial charge in [-0.25, -0.2) is 5.21 Å². The summed E-state index contributed by atoms with van der Waals surface area (Å²) in [7, 11) is 1.64. The minimum Gasteiger partial charge on any atom is -0.496 e. The van der Waals surface area contributed by atoms with E-state index in [4.69, 9.17) is 21.5 Å². The van der Waals surface area contributed by atoms with E-state index in [0.717, 1.165) is 28.0 Å². The summed E-state index contributed by atoms with van der Waals surface area (Å²) >= 11 is 6.11. The fraction of sp³-hybridized carbons (Fsp3) is 0.100. The Labute approximate surface area is 150 Å². The van der Waals surface area contributed by atoms with E-state index in [-0.39, 0.29) is 10.6 Å². The molecule has 0 aliphatic rings. The van der Waals surface area contributed by atoms with Crippen molar-refractivity contribution in [3.8, 4) is 16.9 Å². The fourth-order valence-electron chi connectivity index (χ4n) is 2.72. The maximum Gasteiger partial charge on any atom is 0.316 e. The number of halogens is 1. The minimum absolute atomic E-state index is 0.144. The van der Waals surface area contributed by atoms with Gasteiger partial charge in [0.15, 0.2) is 0 Å². The standard InChI is InChI=1S/C20H17ClNO3/c1-25-20-10-7-15(11-14-5-8-18(9-6-14)22(23)24)12-19(20)16-3-2-4-17(21)13-16/h2-10,12-13H,11H2,1H3,(H,23,24)/q+1. The van der Waals surface area contributed by atoms with Gasteiger partial charge in [-0.15, -0.1) is 0 Å². The average Bonchev–Trinajstić information content (AvgIpc) is 2.62. The van der Waals surface area contributed by atoms with Crippen molar-refractivity contribution in [2.45, 2.75) is 6.42 Å². The zero-order chi connectivity index (χ0) is 17.8. The Morgan fingerprint density at radius 1 is 1.00 bits per heavy atom. The molecule has 25 heavy (non-hydrogen) atoms. The molecule has 0 aliphatic carbocycles. The van der Waals surface area contributed by atoms with Gasteiger partial charge in [-0.05, 0) is 47.4 Å². The second-order valence-corrected chi connectivity index (χ2v) is 6.10. The average molecular weight is 355 g/mol. The molecule has 0 aromatic heterocycles. The quantitative estimate of drug-likeness (QED) is 0.623. The van der Waals surface area contributed by atoms with Crippen LogP contribution in [-0.2, 0) is 6.42 Å². The molecule has 0 radical (unpaired) electrons. The molecule has 4 nitrogen and oxygen atoms in total. The molecule has 0 saturated carbocycles. The van der Waals surface area contributed by atoms with Gasteiger partial charge in [-0.2, -0.15) is 0 Å². The van der Waals surface area contributed by atoms with Crippen LogP contribution in [-0.4, -0.2) is 17.2 Å². The van der Waals surface area contributed by atoms with Gasteiger partial charge in [-0.1, -0.05) is 41.9 Å². The van der Waals surface area contributed by atoms with Crippen molar-refractivity contribution in [3.05, 3.63) is 87.8 Å². The summed E-state index contributed by atoms with van der Waals surface area (Å²) in [6.45, 7) is 0. The molecule has 3 rings (SSSR count). The largest absolute Gasteiger partial charge is 0.496 e. The Balaban J connectivity index is 1.92. The predicted molar refractivity (Wildman–Crippen MR) is 97.8 cm³/mol. The van der Waals surface area contributed by atoms with Gasteiger partial charge in [0, 0.05) is 22.7 Å². The van der Waals surface area contributed by atoms with Crippen LogP contribution >= 0.6 is 11.6 Å². The lowest BCUT2D eigenvalue weighted by Gasteiger charge is -2.11. The van der Waals surface area contributed by atoms with Crippen molar-refractivity contribution in [1.82, 2.24) is 0 Å². The van der Waals surface area contributed by atoms with Gasteiger partial charge in [0.25, 0.3) is 4.92 Å².